The predicted molar refractivity (Wildman–Crippen MR) is 85.1 cm³/mol. The van der Waals surface area contributed by atoms with E-state index in [9.17, 15) is 9.59 Å². The minimum Gasteiger partial charge on any atom is -0.373 e. The highest BCUT2D eigenvalue weighted by Crippen LogP contribution is 2.49. The van der Waals surface area contributed by atoms with Gasteiger partial charge in [0.1, 0.15) is 0 Å². The number of hydrogen-bond donors (Lipinski definition) is 1. The number of H-pyrrole nitrogens is 1. The van der Waals surface area contributed by atoms with E-state index in [0.717, 1.165) is 35.0 Å². The Balaban J connectivity index is 1.61. The molecule has 2 amide bonds. The molecule has 3 fully saturated rings. The van der Waals surface area contributed by atoms with Crippen LogP contribution >= 0.6 is 0 Å². The molecule has 3 aliphatic rings. The Morgan fingerprint density at radius 2 is 1.74 bits per heavy atom. The van der Waals surface area contributed by atoms with Gasteiger partial charge in [-0.2, -0.15) is 0 Å². The maximum Gasteiger partial charge on any atom is 0.240 e. The first kappa shape index (κ1) is 13.3. The third-order valence-electron chi connectivity index (χ3n) is 5.83. The minimum atomic E-state index is -0.272. The number of benzene rings is 1. The standard InChI is InChI=1S/C18H18N2O3/c1-8-9(2)19-12-4-3-10(7-11(8)12)20-17(21)15-13-5-6-14(23-13)16(15)18(20)22/h3-4,7,13-16,19H,5-6H2,1-2H3. The van der Waals surface area contributed by atoms with Crippen LogP contribution in [0.5, 0.6) is 0 Å². The molecular formula is C18H18N2O3. The van der Waals surface area contributed by atoms with Crippen molar-refractivity contribution in [2.24, 2.45) is 11.8 Å². The number of carbonyl (C=O) groups excluding carboxylic acids is 2. The molecule has 0 saturated carbocycles. The number of imide groups is 1. The van der Waals surface area contributed by atoms with Gasteiger partial charge in [0.2, 0.25) is 11.8 Å². The molecule has 3 aliphatic heterocycles. The summed E-state index contributed by atoms with van der Waals surface area (Å²) < 4.78 is 5.78. The third kappa shape index (κ3) is 1.55. The minimum absolute atomic E-state index is 0.0635. The quantitative estimate of drug-likeness (QED) is 0.823. The van der Waals surface area contributed by atoms with Crippen LogP contribution < -0.4 is 4.90 Å². The summed E-state index contributed by atoms with van der Waals surface area (Å²) in [5.74, 6) is -0.718. The van der Waals surface area contributed by atoms with Crippen LogP contribution in [0.2, 0.25) is 0 Å². The van der Waals surface area contributed by atoms with Gasteiger partial charge in [0.05, 0.1) is 29.7 Å². The number of nitrogens with one attached hydrogen (secondary N) is 1. The second kappa shape index (κ2) is 4.23. The van der Waals surface area contributed by atoms with E-state index in [1.54, 1.807) is 0 Å². The van der Waals surface area contributed by atoms with E-state index in [2.05, 4.69) is 4.98 Å². The Labute approximate surface area is 133 Å². The van der Waals surface area contributed by atoms with Gasteiger partial charge in [0.15, 0.2) is 0 Å². The third-order valence-corrected chi connectivity index (χ3v) is 5.83. The van der Waals surface area contributed by atoms with Crippen LogP contribution in [0.3, 0.4) is 0 Å². The smallest absolute Gasteiger partial charge is 0.240 e. The summed E-state index contributed by atoms with van der Waals surface area (Å²) in [7, 11) is 0. The number of nitrogens with zero attached hydrogens (tertiary/aromatic N) is 1. The van der Waals surface area contributed by atoms with Gasteiger partial charge in [-0.1, -0.05) is 0 Å². The zero-order chi connectivity index (χ0) is 15.9. The van der Waals surface area contributed by atoms with Gasteiger partial charge < -0.3 is 9.72 Å². The lowest BCUT2D eigenvalue weighted by Gasteiger charge is -2.17. The molecule has 2 bridgehead atoms. The average molecular weight is 310 g/mol. The zero-order valence-corrected chi connectivity index (χ0v) is 13.1. The van der Waals surface area contributed by atoms with Crippen LogP contribution in [0.15, 0.2) is 18.2 Å². The van der Waals surface area contributed by atoms with Gasteiger partial charge in [-0.15, -0.1) is 0 Å². The molecule has 4 heterocycles. The van der Waals surface area contributed by atoms with Gasteiger partial charge in [-0.3, -0.25) is 9.59 Å². The van der Waals surface area contributed by atoms with E-state index >= 15 is 0 Å². The van der Waals surface area contributed by atoms with Crippen molar-refractivity contribution in [1.29, 1.82) is 0 Å². The average Bonchev–Trinajstić information content (AvgIpc) is 3.26. The van der Waals surface area contributed by atoms with Gasteiger partial charge in [0.25, 0.3) is 0 Å². The van der Waals surface area contributed by atoms with Crippen LogP contribution in [-0.4, -0.2) is 29.0 Å². The highest BCUT2D eigenvalue weighted by molar-refractivity contribution is 6.23. The molecule has 1 aromatic heterocycles. The summed E-state index contributed by atoms with van der Waals surface area (Å²) in [6, 6.07) is 5.76. The summed E-state index contributed by atoms with van der Waals surface area (Å²) in [4.78, 5) is 30.4. The Hall–Kier alpha value is -2.14. The first-order chi connectivity index (χ1) is 11.1. The van der Waals surface area contributed by atoms with Crippen LogP contribution in [0.25, 0.3) is 10.9 Å². The second-order valence-corrected chi connectivity index (χ2v) is 6.96. The largest absolute Gasteiger partial charge is 0.373 e. The van der Waals surface area contributed by atoms with Crippen LogP contribution in [0.1, 0.15) is 24.1 Å². The number of fused-ring (bicyclic) bond motifs is 6. The molecule has 23 heavy (non-hydrogen) atoms. The monoisotopic (exact) mass is 310 g/mol. The highest BCUT2D eigenvalue weighted by atomic mass is 16.5. The summed E-state index contributed by atoms with van der Waals surface area (Å²) in [5, 5.41) is 1.07. The molecule has 5 heteroatoms. The number of anilines is 1. The van der Waals surface area contributed by atoms with Crippen molar-refractivity contribution in [1.82, 2.24) is 4.98 Å². The van der Waals surface area contributed by atoms with Gasteiger partial charge in [-0.05, 0) is 50.5 Å². The first-order valence-electron chi connectivity index (χ1n) is 8.18. The molecule has 1 aromatic carbocycles. The summed E-state index contributed by atoms with van der Waals surface area (Å²) >= 11 is 0. The van der Waals surface area contributed by atoms with Crippen molar-refractivity contribution in [2.45, 2.75) is 38.9 Å². The number of carbonyl (C=O) groups is 2. The van der Waals surface area contributed by atoms with Crippen molar-refractivity contribution in [2.75, 3.05) is 4.90 Å². The van der Waals surface area contributed by atoms with E-state index in [4.69, 9.17) is 4.74 Å². The Bertz CT molecular complexity index is 841. The summed E-state index contributed by atoms with van der Waals surface area (Å²) in [5.41, 5.74) is 3.99. The first-order valence-corrected chi connectivity index (χ1v) is 8.18. The van der Waals surface area contributed by atoms with Gasteiger partial charge in [0, 0.05) is 16.6 Å². The fourth-order valence-corrected chi connectivity index (χ4v) is 4.55. The van der Waals surface area contributed by atoms with E-state index in [1.165, 1.54) is 4.90 Å². The highest BCUT2D eigenvalue weighted by Gasteiger charge is 2.62. The molecule has 4 atom stereocenters. The fourth-order valence-electron chi connectivity index (χ4n) is 4.55. The van der Waals surface area contributed by atoms with E-state index in [-0.39, 0.29) is 35.9 Å². The summed E-state index contributed by atoms with van der Waals surface area (Å²) in [6.45, 7) is 4.08. The zero-order valence-electron chi connectivity index (χ0n) is 13.1. The lowest BCUT2D eigenvalue weighted by molar-refractivity contribution is -0.124. The van der Waals surface area contributed by atoms with Gasteiger partial charge in [-0.25, -0.2) is 4.90 Å². The van der Waals surface area contributed by atoms with E-state index in [1.807, 2.05) is 32.0 Å². The predicted octanol–water partition coefficient (Wildman–Crippen LogP) is 2.45. The molecule has 2 aromatic rings. The normalized spacial score (nSPS) is 32.3. The maximum absolute atomic E-state index is 12.8. The SMILES string of the molecule is Cc1[nH]c2ccc(N3C(=O)C4C5CCC(O5)C4C3=O)cc2c1C. The van der Waals surface area contributed by atoms with E-state index in [0.29, 0.717) is 5.69 Å². The van der Waals surface area contributed by atoms with E-state index < -0.39 is 0 Å². The van der Waals surface area contributed by atoms with Crippen LogP contribution in [0.4, 0.5) is 5.69 Å². The molecule has 3 saturated heterocycles. The molecule has 118 valence electrons. The fraction of sp³-hybridized carbons (Fsp3) is 0.444. The molecule has 5 rings (SSSR count). The lowest BCUT2D eigenvalue weighted by Crippen LogP contribution is -2.34. The molecule has 0 radical (unpaired) electrons. The Morgan fingerprint density at radius 3 is 2.39 bits per heavy atom. The number of hydrogen-bond acceptors (Lipinski definition) is 3. The molecule has 0 aliphatic carbocycles. The van der Waals surface area contributed by atoms with Crippen molar-refractivity contribution < 1.29 is 14.3 Å². The number of aromatic amines is 1. The van der Waals surface area contributed by atoms with Crippen molar-refractivity contribution in [3.8, 4) is 0 Å². The van der Waals surface area contributed by atoms with Gasteiger partial charge >= 0.3 is 0 Å². The lowest BCUT2D eigenvalue weighted by atomic mass is 9.81. The Morgan fingerprint density at radius 1 is 1.09 bits per heavy atom. The van der Waals surface area contributed by atoms with Crippen LogP contribution in [0, 0.1) is 25.7 Å². The number of aryl methyl sites for hydroxylation is 2. The number of ether oxygens (including phenoxy) is 1. The summed E-state index contributed by atoms with van der Waals surface area (Å²) in [6.07, 6.45) is 1.67. The molecule has 5 nitrogen and oxygen atoms in total. The Kier molecular flexibility index (Phi) is 2.45. The van der Waals surface area contributed by atoms with Crippen molar-refractivity contribution in [3.05, 3.63) is 29.5 Å². The molecule has 4 unspecified atom stereocenters. The van der Waals surface area contributed by atoms with Crippen LogP contribution in [-0.2, 0) is 14.3 Å². The number of amides is 2. The molecular weight excluding hydrogens is 292 g/mol. The number of rotatable bonds is 1. The molecule has 0 spiro atoms. The second-order valence-electron chi connectivity index (χ2n) is 6.96. The van der Waals surface area contributed by atoms with Crippen molar-refractivity contribution in [3.63, 3.8) is 0 Å². The number of aromatic nitrogens is 1. The van der Waals surface area contributed by atoms with Crippen molar-refractivity contribution >= 4 is 28.4 Å². The topological polar surface area (TPSA) is 62.4 Å². The maximum atomic E-state index is 12.8. The molecule has 1 N–H and O–H groups in total.